The van der Waals surface area contributed by atoms with Gasteiger partial charge in [0, 0.05) is 30.4 Å². The topological polar surface area (TPSA) is 70.6 Å². The molecule has 0 amide bonds. The van der Waals surface area contributed by atoms with Crippen LogP contribution >= 0.6 is 0 Å². The molecule has 0 fully saturated rings. The van der Waals surface area contributed by atoms with E-state index in [0.29, 0.717) is 43.9 Å². The van der Waals surface area contributed by atoms with E-state index in [0.717, 1.165) is 40.9 Å². The van der Waals surface area contributed by atoms with E-state index in [2.05, 4.69) is 11.1 Å². The number of nitrogens with zero attached hydrogens (tertiary/aromatic N) is 1. The molecule has 4 rings (SSSR count). The highest BCUT2D eigenvalue weighted by Gasteiger charge is 2.33. The lowest BCUT2D eigenvalue weighted by Crippen LogP contribution is -2.42. The van der Waals surface area contributed by atoms with Crippen LogP contribution in [-0.2, 0) is 24.0 Å². The summed E-state index contributed by atoms with van der Waals surface area (Å²) in [6, 6.07) is 3.51. The molecular weight excluding hydrogens is 428 g/mol. The predicted octanol–water partition coefficient (Wildman–Crippen LogP) is 5.13. The summed E-state index contributed by atoms with van der Waals surface area (Å²) >= 11 is 0. The van der Waals surface area contributed by atoms with Gasteiger partial charge in [-0.15, -0.1) is 0 Å². The van der Waals surface area contributed by atoms with Gasteiger partial charge in [0.25, 0.3) is 6.43 Å². The van der Waals surface area contributed by atoms with Crippen LogP contribution in [0.5, 0.6) is 11.5 Å². The molecule has 0 bridgehead atoms. The van der Waals surface area contributed by atoms with Crippen molar-refractivity contribution in [2.24, 2.45) is 0 Å². The van der Waals surface area contributed by atoms with Crippen LogP contribution in [0.4, 0.5) is 8.78 Å². The van der Waals surface area contributed by atoms with Gasteiger partial charge in [0.05, 0.1) is 32.6 Å². The summed E-state index contributed by atoms with van der Waals surface area (Å²) < 4.78 is 43.8. The van der Waals surface area contributed by atoms with Gasteiger partial charge in [-0.25, -0.2) is 8.78 Å². The van der Waals surface area contributed by atoms with Gasteiger partial charge in [-0.3, -0.25) is 5.41 Å². The van der Waals surface area contributed by atoms with Gasteiger partial charge in [0.1, 0.15) is 0 Å². The van der Waals surface area contributed by atoms with Crippen LogP contribution in [0.3, 0.4) is 0 Å². The summed E-state index contributed by atoms with van der Waals surface area (Å²) in [4.78, 5) is 4.90. The predicted molar refractivity (Wildman–Crippen MR) is 123 cm³/mol. The largest absolute Gasteiger partial charge is 0.501 e. The molecule has 2 N–H and O–H groups in total. The Bertz CT molecular complexity index is 1050. The van der Waals surface area contributed by atoms with Crippen molar-refractivity contribution in [2.75, 3.05) is 27.4 Å². The van der Waals surface area contributed by atoms with Crippen molar-refractivity contribution in [1.82, 2.24) is 9.88 Å². The first kappa shape index (κ1) is 23.1. The zero-order valence-electron chi connectivity index (χ0n) is 19.3. The van der Waals surface area contributed by atoms with Crippen molar-refractivity contribution < 1.29 is 23.0 Å². The van der Waals surface area contributed by atoms with Gasteiger partial charge in [-0.1, -0.05) is 0 Å². The molecule has 0 radical (unpaired) electrons. The van der Waals surface area contributed by atoms with Crippen LogP contribution in [0.25, 0.3) is 6.08 Å². The number of hydrogen-bond acceptors (Lipinski definition) is 4. The van der Waals surface area contributed by atoms with E-state index >= 15 is 0 Å². The summed E-state index contributed by atoms with van der Waals surface area (Å²) in [5, 5.41) is 8.07. The number of methoxy groups -OCH3 is 2. The van der Waals surface area contributed by atoms with Crippen LogP contribution in [0, 0.1) is 5.41 Å². The zero-order valence-corrected chi connectivity index (χ0v) is 19.3. The Labute approximate surface area is 193 Å². The molecule has 0 unspecified atom stereocenters. The number of aromatic nitrogens is 1. The minimum Gasteiger partial charge on any atom is -0.501 e. The summed E-state index contributed by atoms with van der Waals surface area (Å²) in [6.45, 7) is 2.74. The van der Waals surface area contributed by atoms with Gasteiger partial charge >= 0.3 is 0 Å². The fourth-order valence-corrected chi connectivity index (χ4v) is 4.91. The van der Waals surface area contributed by atoms with Crippen molar-refractivity contribution in [3.8, 4) is 11.5 Å². The SMILES string of the molecule is CCOc1cc2c(cc1OC)CCN(C(=N)C(F)F)[C@H]2CCc1c[nH]c2c1C=C(OC)CC2. The van der Waals surface area contributed by atoms with E-state index in [4.69, 9.17) is 19.6 Å². The maximum absolute atomic E-state index is 13.6. The lowest BCUT2D eigenvalue weighted by molar-refractivity contribution is 0.177. The summed E-state index contributed by atoms with van der Waals surface area (Å²) in [7, 11) is 3.28. The molecule has 1 aliphatic carbocycles. The number of hydrogen-bond donors (Lipinski definition) is 2. The second-order valence-electron chi connectivity index (χ2n) is 8.34. The third kappa shape index (κ3) is 4.56. The summed E-state index contributed by atoms with van der Waals surface area (Å²) in [5.74, 6) is 1.56. The summed E-state index contributed by atoms with van der Waals surface area (Å²) in [5.41, 5.74) is 5.42. The third-order valence-corrected chi connectivity index (χ3v) is 6.57. The number of aryl methyl sites for hydroxylation is 2. The Balaban J connectivity index is 1.67. The fourth-order valence-electron chi connectivity index (χ4n) is 4.91. The molecule has 0 spiro atoms. The van der Waals surface area contributed by atoms with Crippen molar-refractivity contribution in [3.63, 3.8) is 0 Å². The average Bonchev–Trinajstić information content (AvgIpc) is 3.23. The first-order valence-electron chi connectivity index (χ1n) is 11.4. The minimum atomic E-state index is -2.81. The quantitative estimate of drug-likeness (QED) is 0.424. The van der Waals surface area contributed by atoms with Crippen molar-refractivity contribution >= 4 is 11.9 Å². The zero-order chi connectivity index (χ0) is 23.5. The van der Waals surface area contributed by atoms with Gasteiger partial charge in [-0.2, -0.15) is 0 Å². The number of H-pyrrole nitrogens is 1. The highest BCUT2D eigenvalue weighted by atomic mass is 19.3. The Morgan fingerprint density at radius 1 is 1.18 bits per heavy atom. The molecule has 1 aliphatic heterocycles. The summed E-state index contributed by atoms with van der Waals surface area (Å²) in [6.07, 6.45) is 4.87. The number of allylic oxidation sites excluding steroid dienone is 1. The molecule has 1 atom stereocenters. The molecule has 1 aromatic heterocycles. The highest BCUT2D eigenvalue weighted by Crippen LogP contribution is 2.41. The molecular formula is C25H31F2N3O3. The second kappa shape index (κ2) is 9.85. The van der Waals surface area contributed by atoms with E-state index in [1.54, 1.807) is 19.1 Å². The maximum Gasteiger partial charge on any atom is 0.294 e. The number of halogens is 2. The smallest absolute Gasteiger partial charge is 0.294 e. The number of amidine groups is 1. The van der Waals surface area contributed by atoms with Gasteiger partial charge in [0.2, 0.25) is 0 Å². The highest BCUT2D eigenvalue weighted by molar-refractivity contribution is 5.83. The number of aromatic amines is 1. The first-order valence-corrected chi connectivity index (χ1v) is 11.4. The molecule has 2 aliphatic rings. The van der Waals surface area contributed by atoms with E-state index in [1.165, 1.54) is 5.69 Å². The molecule has 2 aromatic rings. The van der Waals surface area contributed by atoms with Gasteiger partial charge in [-0.05, 0) is 67.5 Å². The van der Waals surface area contributed by atoms with Crippen LogP contribution in [0.2, 0.25) is 0 Å². The third-order valence-electron chi connectivity index (χ3n) is 6.57. The Kier molecular flexibility index (Phi) is 6.91. The maximum atomic E-state index is 13.6. The second-order valence-corrected chi connectivity index (χ2v) is 8.34. The normalized spacial score (nSPS) is 17.3. The molecule has 178 valence electrons. The van der Waals surface area contributed by atoms with Gasteiger partial charge < -0.3 is 24.1 Å². The molecule has 0 saturated carbocycles. The number of nitrogens with one attached hydrogen (secondary N) is 2. The van der Waals surface area contributed by atoms with Crippen LogP contribution in [-0.4, -0.2) is 49.5 Å². The van der Waals surface area contributed by atoms with Crippen LogP contribution < -0.4 is 9.47 Å². The molecule has 2 heterocycles. The standard InChI is InChI=1S/C25H31F2N3O3/c1-4-33-23-13-19-15(11-22(23)32-3)9-10-30(25(28)24(26)27)21(19)8-5-16-14-29-20-7-6-17(31-2)12-18(16)20/h11-14,21,24,28-29H,4-10H2,1-3H3/t21-/m0/s1. The Morgan fingerprint density at radius 3 is 2.70 bits per heavy atom. The number of fused-ring (bicyclic) bond motifs is 2. The number of alkyl halides is 2. The lowest BCUT2D eigenvalue weighted by Gasteiger charge is -2.39. The molecule has 8 heteroatoms. The monoisotopic (exact) mass is 459 g/mol. The Hall–Kier alpha value is -3.03. The van der Waals surface area contributed by atoms with Crippen molar-refractivity contribution in [2.45, 2.75) is 51.5 Å². The molecule has 0 saturated heterocycles. The van der Waals surface area contributed by atoms with Crippen molar-refractivity contribution in [3.05, 3.63) is 52.0 Å². The van der Waals surface area contributed by atoms with Crippen molar-refractivity contribution in [1.29, 1.82) is 5.41 Å². The van der Waals surface area contributed by atoms with E-state index in [1.807, 2.05) is 25.3 Å². The average molecular weight is 460 g/mol. The number of ether oxygens (including phenoxy) is 3. The van der Waals surface area contributed by atoms with E-state index in [-0.39, 0.29) is 6.04 Å². The molecule has 33 heavy (non-hydrogen) atoms. The fraction of sp³-hybridized carbons (Fsp3) is 0.480. The molecule has 6 nitrogen and oxygen atoms in total. The number of benzene rings is 1. The lowest BCUT2D eigenvalue weighted by atomic mass is 9.87. The first-order chi connectivity index (χ1) is 16.0. The van der Waals surface area contributed by atoms with Gasteiger partial charge in [0.15, 0.2) is 17.3 Å². The van der Waals surface area contributed by atoms with E-state index in [9.17, 15) is 8.78 Å². The van der Waals surface area contributed by atoms with Crippen LogP contribution in [0.1, 0.15) is 53.8 Å². The Morgan fingerprint density at radius 2 is 2.00 bits per heavy atom. The minimum absolute atomic E-state index is 0.347. The van der Waals surface area contributed by atoms with E-state index < -0.39 is 12.3 Å². The molecule has 1 aromatic carbocycles. The van der Waals surface area contributed by atoms with Crippen LogP contribution in [0.15, 0.2) is 24.1 Å². The number of rotatable bonds is 8.